The number of unbranched alkanes of at least 4 members (excludes halogenated alkanes) is 1. The maximum atomic E-state index is 14.0. The normalized spacial score (nSPS) is 12.0. The van der Waals surface area contributed by atoms with E-state index in [0.29, 0.717) is 6.54 Å². The molecule has 3 aromatic carbocycles. The lowest BCUT2D eigenvalue weighted by atomic mass is 10.0. The smallest absolute Gasteiger partial charge is 0.244 e. The molecule has 0 spiro atoms. The number of halogens is 2. The molecule has 3 aromatic rings. The number of hydrogen-bond donors (Lipinski definition) is 1. The van der Waals surface area contributed by atoms with Crippen LogP contribution in [0.15, 0.2) is 83.3 Å². The number of hydrogen-bond acceptors (Lipinski definition) is 4. The number of anilines is 1. The monoisotopic (exact) mass is 633 g/mol. The van der Waals surface area contributed by atoms with E-state index in [9.17, 15) is 18.0 Å². The van der Waals surface area contributed by atoms with E-state index in [1.807, 2.05) is 61.5 Å². The third-order valence-electron chi connectivity index (χ3n) is 6.17. The summed E-state index contributed by atoms with van der Waals surface area (Å²) in [5.74, 6) is -0.809. The molecular weight excluding hydrogens is 602 g/mol. The van der Waals surface area contributed by atoms with Crippen molar-refractivity contribution in [1.29, 1.82) is 0 Å². The fourth-order valence-corrected chi connectivity index (χ4v) is 5.51. The molecule has 0 aliphatic carbocycles. The van der Waals surface area contributed by atoms with Crippen LogP contribution in [0, 0.1) is 0 Å². The Labute approximate surface area is 244 Å². The van der Waals surface area contributed by atoms with E-state index in [4.69, 9.17) is 11.6 Å². The van der Waals surface area contributed by atoms with Crippen LogP contribution in [0.25, 0.3) is 0 Å². The highest BCUT2D eigenvalue weighted by Crippen LogP contribution is 2.28. The summed E-state index contributed by atoms with van der Waals surface area (Å²) in [4.78, 5) is 29.0. The first kappa shape index (κ1) is 30.7. The zero-order valence-electron chi connectivity index (χ0n) is 22.0. The highest BCUT2D eigenvalue weighted by molar-refractivity contribution is 9.10. The van der Waals surface area contributed by atoms with Gasteiger partial charge in [0.05, 0.1) is 17.0 Å². The zero-order valence-corrected chi connectivity index (χ0v) is 25.2. The second-order valence-electron chi connectivity index (χ2n) is 9.22. The maximum Gasteiger partial charge on any atom is 0.244 e. The van der Waals surface area contributed by atoms with Gasteiger partial charge in [-0.2, -0.15) is 0 Å². The molecular formula is C29H33BrClN3O4S. The number of sulfonamides is 1. The molecule has 39 heavy (non-hydrogen) atoms. The van der Waals surface area contributed by atoms with Crippen LogP contribution in [0.4, 0.5) is 5.69 Å². The minimum Gasteiger partial charge on any atom is -0.354 e. The molecule has 0 bridgehead atoms. The molecule has 0 heterocycles. The molecule has 3 rings (SSSR count). The Balaban J connectivity index is 2.03. The summed E-state index contributed by atoms with van der Waals surface area (Å²) in [6.07, 6.45) is 3.01. The summed E-state index contributed by atoms with van der Waals surface area (Å²) in [6, 6.07) is 22.5. The van der Waals surface area contributed by atoms with Crippen LogP contribution < -0.4 is 9.62 Å². The molecule has 0 saturated heterocycles. The molecule has 2 amide bonds. The van der Waals surface area contributed by atoms with E-state index < -0.39 is 28.5 Å². The fraction of sp³-hybridized carbons (Fsp3) is 0.310. The molecule has 1 atom stereocenters. The van der Waals surface area contributed by atoms with Gasteiger partial charge in [0.15, 0.2) is 0 Å². The quantitative estimate of drug-likeness (QED) is 0.254. The lowest BCUT2D eigenvalue weighted by molar-refractivity contribution is -0.140. The molecule has 0 aliphatic heterocycles. The van der Waals surface area contributed by atoms with E-state index in [-0.39, 0.29) is 29.6 Å². The number of rotatable bonds is 13. The molecule has 208 valence electrons. The van der Waals surface area contributed by atoms with Crippen molar-refractivity contribution in [3.05, 3.63) is 99.5 Å². The third kappa shape index (κ3) is 9.08. The van der Waals surface area contributed by atoms with Gasteiger partial charge >= 0.3 is 0 Å². The number of carbonyl (C=O) groups is 2. The number of amides is 2. The van der Waals surface area contributed by atoms with Crippen molar-refractivity contribution in [1.82, 2.24) is 10.2 Å². The maximum absolute atomic E-state index is 14.0. The van der Waals surface area contributed by atoms with E-state index in [2.05, 4.69) is 21.2 Å². The van der Waals surface area contributed by atoms with Crippen molar-refractivity contribution in [2.24, 2.45) is 0 Å². The number of nitrogens with zero attached hydrogens (tertiary/aromatic N) is 2. The van der Waals surface area contributed by atoms with Gasteiger partial charge in [0.25, 0.3) is 0 Å². The van der Waals surface area contributed by atoms with Crippen molar-refractivity contribution < 1.29 is 18.0 Å². The average Bonchev–Trinajstić information content (AvgIpc) is 2.91. The largest absolute Gasteiger partial charge is 0.354 e. The van der Waals surface area contributed by atoms with Crippen molar-refractivity contribution in [3.63, 3.8) is 0 Å². The molecule has 10 heteroatoms. The van der Waals surface area contributed by atoms with Gasteiger partial charge in [-0.3, -0.25) is 13.9 Å². The lowest BCUT2D eigenvalue weighted by Gasteiger charge is -2.33. The SMILES string of the molecule is CCCCNC(=O)C(Cc1ccccc1)N(Cc1ccc(Br)cc1)C(=O)CN(c1ccccc1Cl)S(C)(=O)=O. The summed E-state index contributed by atoms with van der Waals surface area (Å²) in [6.45, 7) is 2.12. The topological polar surface area (TPSA) is 86.8 Å². The number of carbonyl (C=O) groups excluding carboxylic acids is 2. The Morgan fingerprint density at radius 3 is 2.21 bits per heavy atom. The van der Waals surface area contributed by atoms with Crippen molar-refractivity contribution >= 4 is 55.1 Å². The highest BCUT2D eigenvalue weighted by atomic mass is 79.9. The molecule has 0 saturated carbocycles. The minimum atomic E-state index is -3.88. The first-order valence-electron chi connectivity index (χ1n) is 12.7. The lowest BCUT2D eigenvalue weighted by Crippen LogP contribution is -2.53. The van der Waals surface area contributed by atoms with Crippen molar-refractivity contribution in [2.45, 2.75) is 38.8 Å². The van der Waals surface area contributed by atoms with E-state index in [1.165, 1.54) is 4.90 Å². The molecule has 0 radical (unpaired) electrons. The minimum absolute atomic E-state index is 0.116. The Morgan fingerprint density at radius 2 is 1.59 bits per heavy atom. The summed E-state index contributed by atoms with van der Waals surface area (Å²) in [5.41, 5.74) is 1.88. The summed E-state index contributed by atoms with van der Waals surface area (Å²) in [5, 5.41) is 3.17. The van der Waals surface area contributed by atoms with Gasteiger partial charge in [-0.05, 0) is 41.8 Å². The summed E-state index contributed by atoms with van der Waals surface area (Å²) in [7, 11) is -3.88. The first-order chi connectivity index (χ1) is 18.6. The molecule has 1 unspecified atom stereocenters. The summed E-state index contributed by atoms with van der Waals surface area (Å²) >= 11 is 9.75. The molecule has 0 aromatic heterocycles. The Morgan fingerprint density at radius 1 is 0.949 bits per heavy atom. The zero-order chi connectivity index (χ0) is 28.4. The number of benzene rings is 3. The molecule has 1 N–H and O–H groups in total. The number of para-hydroxylation sites is 1. The van der Waals surface area contributed by atoms with E-state index in [0.717, 1.165) is 39.0 Å². The fourth-order valence-electron chi connectivity index (χ4n) is 4.10. The predicted octanol–water partition coefficient (Wildman–Crippen LogP) is 5.42. The van der Waals surface area contributed by atoms with Crippen LogP contribution in [-0.4, -0.2) is 50.5 Å². The van der Waals surface area contributed by atoms with Gasteiger partial charge in [-0.15, -0.1) is 0 Å². The molecule has 0 fully saturated rings. The van der Waals surface area contributed by atoms with Crippen molar-refractivity contribution in [2.75, 3.05) is 23.7 Å². The van der Waals surface area contributed by atoms with Gasteiger partial charge in [-0.25, -0.2) is 8.42 Å². The van der Waals surface area contributed by atoms with Crippen LogP contribution >= 0.6 is 27.5 Å². The summed E-state index contributed by atoms with van der Waals surface area (Å²) < 4.78 is 27.5. The average molecular weight is 635 g/mol. The van der Waals surface area contributed by atoms with Gasteiger partial charge in [-0.1, -0.05) is 95.5 Å². The first-order valence-corrected chi connectivity index (χ1v) is 15.7. The molecule has 0 aliphatic rings. The second-order valence-corrected chi connectivity index (χ2v) is 12.4. The number of nitrogens with one attached hydrogen (secondary N) is 1. The Hall–Kier alpha value is -2.88. The van der Waals surface area contributed by atoms with Gasteiger partial charge < -0.3 is 10.2 Å². The third-order valence-corrected chi connectivity index (χ3v) is 8.14. The molecule has 7 nitrogen and oxygen atoms in total. The van der Waals surface area contributed by atoms with Crippen LogP contribution in [-0.2, 0) is 32.6 Å². The van der Waals surface area contributed by atoms with E-state index in [1.54, 1.807) is 24.3 Å². The van der Waals surface area contributed by atoms with Gasteiger partial charge in [0.2, 0.25) is 21.8 Å². The van der Waals surface area contributed by atoms with Crippen molar-refractivity contribution in [3.8, 4) is 0 Å². The second kappa shape index (κ2) is 14.5. The van der Waals surface area contributed by atoms with E-state index >= 15 is 0 Å². The Kier molecular flexibility index (Phi) is 11.4. The van der Waals surface area contributed by atoms with Crippen LogP contribution in [0.2, 0.25) is 5.02 Å². The van der Waals surface area contributed by atoms with Gasteiger partial charge in [0.1, 0.15) is 12.6 Å². The highest BCUT2D eigenvalue weighted by Gasteiger charge is 2.33. The predicted molar refractivity (Wildman–Crippen MR) is 160 cm³/mol. The van der Waals surface area contributed by atoms with Crippen LogP contribution in [0.3, 0.4) is 0 Å². The van der Waals surface area contributed by atoms with Gasteiger partial charge in [0, 0.05) is 24.0 Å². The Bertz CT molecular complexity index is 1350. The van der Waals surface area contributed by atoms with Crippen LogP contribution in [0.1, 0.15) is 30.9 Å². The van der Waals surface area contributed by atoms with Crippen LogP contribution in [0.5, 0.6) is 0 Å². The standard InChI is InChI=1S/C29H33BrClN3O4S/c1-3-4-18-32-29(36)27(19-22-10-6-5-7-11-22)33(20-23-14-16-24(30)17-15-23)28(35)21-34(39(2,37)38)26-13-9-8-12-25(26)31/h5-17,27H,3-4,18-21H2,1-2H3,(H,32,36).